The van der Waals surface area contributed by atoms with E-state index >= 15 is 0 Å². The van der Waals surface area contributed by atoms with Crippen LogP contribution in [0.25, 0.3) is 0 Å². The number of aryl methyl sites for hydroxylation is 1. The Bertz CT molecular complexity index is 556. The van der Waals surface area contributed by atoms with Gasteiger partial charge in [-0.15, -0.1) is 0 Å². The quantitative estimate of drug-likeness (QED) is 0.790. The van der Waals surface area contributed by atoms with Crippen LogP contribution >= 0.6 is 0 Å². The van der Waals surface area contributed by atoms with Gasteiger partial charge in [0.05, 0.1) is 4.90 Å². The second-order valence-electron chi connectivity index (χ2n) is 5.50. The van der Waals surface area contributed by atoms with Gasteiger partial charge in [0.2, 0.25) is 10.0 Å². The van der Waals surface area contributed by atoms with Crippen LogP contribution in [0.1, 0.15) is 38.3 Å². The Labute approximate surface area is 114 Å². The van der Waals surface area contributed by atoms with E-state index in [4.69, 9.17) is 0 Å². The summed E-state index contributed by atoms with van der Waals surface area (Å²) in [5, 5.41) is 3.43. The van der Waals surface area contributed by atoms with Gasteiger partial charge in [-0.25, -0.2) is 13.1 Å². The van der Waals surface area contributed by atoms with E-state index in [2.05, 4.69) is 10.0 Å². The molecule has 0 saturated heterocycles. The Kier molecular flexibility index (Phi) is 3.41. The number of hydrogen-bond acceptors (Lipinski definition) is 3. The average molecular weight is 283 g/mol. The van der Waals surface area contributed by atoms with Gasteiger partial charge in [0.15, 0.2) is 0 Å². The van der Waals surface area contributed by atoms with Gasteiger partial charge >= 0.3 is 0 Å². The summed E-state index contributed by atoms with van der Waals surface area (Å²) in [6.07, 6.45) is 6.14. The molecule has 0 bridgehead atoms. The zero-order valence-electron chi connectivity index (χ0n) is 11.2. The highest BCUT2D eigenvalue weighted by atomic mass is 32.2. The number of sulfonamides is 1. The lowest BCUT2D eigenvalue weighted by Crippen LogP contribution is -2.25. The number of rotatable bonds is 7. The lowest BCUT2D eigenvalue weighted by molar-refractivity contribution is 0.580. The highest BCUT2D eigenvalue weighted by Gasteiger charge is 2.29. The molecule has 1 heterocycles. The van der Waals surface area contributed by atoms with Crippen LogP contribution in [0.3, 0.4) is 0 Å². The van der Waals surface area contributed by atoms with E-state index in [1.807, 2.05) is 11.5 Å². The Balaban J connectivity index is 1.76. The first kappa shape index (κ1) is 13.1. The molecule has 6 heteroatoms. The van der Waals surface area contributed by atoms with Crippen molar-refractivity contribution in [1.82, 2.24) is 14.6 Å². The fourth-order valence-corrected chi connectivity index (χ4v) is 3.51. The molecular weight excluding hydrogens is 262 g/mol. The Morgan fingerprint density at radius 3 is 2.53 bits per heavy atom. The molecule has 2 N–H and O–H groups in total. The zero-order chi connectivity index (χ0) is 13.5. The molecule has 2 saturated carbocycles. The van der Waals surface area contributed by atoms with Crippen LogP contribution in [0.2, 0.25) is 0 Å². The van der Waals surface area contributed by atoms with Crippen LogP contribution in [0.15, 0.2) is 17.2 Å². The van der Waals surface area contributed by atoms with E-state index in [0.717, 1.165) is 31.6 Å². The van der Waals surface area contributed by atoms with Crippen molar-refractivity contribution in [2.45, 2.75) is 62.7 Å². The first-order valence-electron chi connectivity index (χ1n) is 7.03. The lowest BCUT2D eigenvalue weighted by Gasteiger charge is -2.06. The number of hydrogen-bond donors (Lipinski definition) is 2. The standard InChI is InChI=1S/C13H21N3O2S/c1-2-16-9-13(19(17,18)15-11-5-6-11)7-12(16)8-14-10-3-4-10/h7,9-11,14-15H,2-6,8H2,1H3. The molecule has 2 fully saturated rings. The summed E-state index contributed by atoms with van der Waals surface area (Å²) in [6.45, 7) is 3.57. The molecule has 0 atom stereocenters. The van der Waals surface area contributed by atoms with Crippen LogP contribution in [0.4, 0.5) is 0 Å². The van der Waals surface area contributed by atoms with Crippen molar-refractivity contribution in [3.05, 3.63) is 18.0 Å². The van der Waals surface area contributed by atoms with Crippen molar-refractivity contribution in [2.24, 2.45) is 0 Å². The van der Waals surface area contributed by atoms with Gasteiger partial charge in [-0.05, 0) is 38.7 Å². The third-order valence-electron chi connectivity index (χ3n) is 3.66. The SMILES string of the molecule is CCn1cc(S(=O)(=O)NC2CC2)cc1CNC1CC1. The summed E-state index contributed by atoms with van der Waals surface area (Å²) in [7, 11) is -3.33. The van der Waals surface area contributed by atoms with Crippen molar-refractivity contribution in [3.63, 3.8) is 0 Å². The number of aromatic nitrogens is 1. The first-order valence-corrected chi connectivity index (χ1v) is 8.51. The molecule has 1 aromatic rings. The van der Waals surface area contributed by atoms with Gasteiger partial charge in [0.1, 0.15) is 0 Å². The fraction of sp³-hybridized carbons (Fsp3) is 0.692. The maximum absolute atomic E-state index is 12.2. The molecule has 0 aromatic carbocycles. The van der Waals surface area contributed by atoms with Gasteiger partial charge in [-0.2, -0.15) is 0 Å². The largest absolute Gasteiger partial charge is 0.349 e. The topological polar surface area (TPSA) is 63.1 Å². The van der Waals surface area contributed by atoms with Crippen LogP contribution in [-0.2, 0) is 23.1 Å². The molecule has 2 aliphatic rings. The molecule has 3 rings (SSSR count). The van der Waals surface area contributed by atoms with Gasteiger partial charge in [0.25, 0.3) is 0 Å². The monoisotopic (exact) mass is 283 g/mol. The van der Waals surface area contributed by atoms with Gasteiger partial charge in [-0.1, -0.05) is 0 Å². The van der Waals surface area contributed by atoms with Crippen molar-refractivity contribution in [1.29, 1.82) is 0 Å². The Hall–Kier alpha value is -0.850. The minimum atomic E-state index is -3.33. The molecule has 0 unspecified atom stereocenters. The van der Waals surface area contributed by atoms with Crippen LogP contribution in [-0.4, -0.2) is 25.1 Å². The highest BCUT2D eigenvalue weighted by Crippen LogP contribution is 2.24. The fourth-order valence-electron chi connectivity index (χ4n) is 2.14. The first-order chi connectivity index (χ1) is 9.08. The second kappa shape index (κ2) is 4.92. The van der Waals surface area contributed by atoms with E-state index < -0.39 is 10.0 Å². The van der Waals surface area contributed by atoms with Gasteiger partial charge in [0, 0.05) is 37.1 Å². The van der Waals surface area contributed by atoms with Crippen LogP contribution in [0.5, 0.6) is 0 Å². The summed E-state index contributed by atoms with van der Waals surface area (Å²) < 4.78 is 29.1. The van der Waals surface area contributed by atoms with E-state index in [9.17, 15) is 8.42 Å². The summed E-state index contributed by atoms with van der Waals surface area (Å²) in [6, 6.07) is 2.58. The van der Waals surface area contributed by atoms with E-state index in [0.29, 0.717) is 10.9 Å². The predicted octanol–water partition coefficient (Wildman–Crippen LogP) is 1.20. The van der Waals surface area contributed by atoms with Crippen molar-refractivity contribution < 1.29 is 8.42 Å². The zero-order valence-corrected chi connectivity index (χ0v) is 12.0. The molecule has 19 heavy (non-hydrogen) atoms. The third kappa shape index (κ3) is 3.19. The summed E-state index contributed by atoms with van der Waals surface area (Å²) in [4.78, 5) is 0.397. The smallest absolute Gasteiger partial charge is 0.242 e. The average Bonchev–Trinajstić information content (AvgIpc) is 3.27. The lowest BCUT2D eigenvalue weighted by atomic mass is 10.4. The normalized spacial score (nSPS) is 19.8. The van der Waals surface area contributed by atoms with E-state index in [1.54, 1.807) is 12.3 Å². The maximum atomic E-state index is 12.2. The number of nitrogens with zero attached hydrogens (tertiary/aromatic N) is 1. The molecule has 0 spiro atoms. The van der Waals surface area contributed by atoms with Crippen LogP contribution in [0, 0.1) is 0 Å². The molecule has 106 valence electrons. The van der Waals surface area contributed by atoms with E-state index in [1.165, 1.54) is 12.8 Å². The Morgan fingerprint density at radius 1 is 1.26 bits per heavy atom. The molecule has 1 aromatic heterocycles. The highest BCUT2D eigenvalue weighted by molar-refractivity contribution is 7.89. The molecule has 2 aliphatic carbocycles. The van der Waals surface area contributed by atoms with Crippen molar-refractivity contribution >= 4 is 10.0 Å². The van der Waals surface area contributed by atoms with E-state index in [-0.39, 0.29) is 6.04 Å². The van der Waals surface area contributed by atoms with Gasteiger partial charge < -0.3 is 9.88 Å². The Morgan fingerprint density at radius 2 is 1.95 bits per heavy atom. The predicted molar refractivity (Wildman–Crippen MR) is 73.3 cm³/mol. The molecular formula is C13H21N3O2S. The van der Waals surface area contributed by atoms with Crippen LogP contribution < -0.4 is 10.0 Å². The maximum Gasteiger partial charge on any atom is 0.242 e. The summed E-state index contributed by atoms with van der Waals surface area (Å²) >= 11 is 0. The van der Waals surface area contributed by atoms with Crippen molar-refractivity contribution in [2.75, 3.05) is 0 Å². The number of nitrogens with one attached hydrogen (secondary N) is 2. The third-order valence-corrected chi connectivity index (χ3v) is 5.15. The molecule has 5 nitrogen and oxygen atoms in total. The molecule has 0 radical (unpaired) electrons. The van der Waals surface area contributed by atoms with Crippen molar-refractivity contribution in [3.8, 4) is 0 Å². The van der Waals surface area contributed by atoms with Gasteiger partial charge in [-0.3, -0.25) is 0 Å². The summed E-state index contributed by atoms with van der Waals surface area (Å²) in [5.74, 6) is 0. The minimum absolute atomic E-state index is 0.156. The second-order valence-corrected chi connectivity index (χ2v) is 7.22. The molecule has 0 amide bonds. The minimum Gasteiger partial charge on any atom is -0.349 e. The molecule has 0 aliphatic heterocycles. The summed E-state index contributed by atoms with van der Waals surface area (Å²) in [5.41, 5.74) is 1.05.